The number of nitriles is 3. The summed E-state index contributed by atoms with van der Waals surface area (Å²) in [6.45, 7) is 0. The molecule has 0 fully saturated rings. The van der Waals surface area contributed by atoms with E-state index >= 15 is 0 Å². The first-order valence-electron chi connectivity index (χ1n) is 7.09. The summed E-state index contributed by atoms with van der Waals surface area (Å²) in [6, 6.07) is 7.48. The standard InChI is InChI=1S/C17H4BrF4N5/c18-9-1-2-10-16(6(9)3-23)27-17(26-10)7(4-24)11-14(21)12(19)8(5-25)13(20)15(11)22/h1-2,7H,(H,26,27). The lowest BCUT2D eigenvalue weighted by molar-refractivity contribution is 0.434. The van der Waals surface area contributed by atoms with E-state index in [-0.39, 0.29) is 22.4 Å². The Hall–Kier alpha value is -3.42. The van der Waals surface area contributed by atoms with Crippen LogP contribution in [0.1, 0.15) is 28.4 Å². The van der Waals surface area contributed by atoms with Crippen molar-refractivity contribution in [2.24, 2.45) is 0 Å². The molecule has 3 aromatic rings. The zero-order chi connectivity index (χ0) is 19.9. The van der Waals surface area contributed by atoms with Crippen LogP contribution in [0.25, 0.3) is 11.0 Å². The molecule has 0 saturated heterocycles. The van der Waals surface area contributed by atoms with Gasteiger partial charge in [0.2, 0.25) is 0 Å². The van der Waals surface area contributed by atoms with Crippen LogP contribution in [0.3, 0.4) is 0 Å². The van der Waals surface area contributed by atoms with E-state index in [9.17, 15) is 28.1 Å². The molecule has 1 unspecified atom stereocenters. The van der Waals surface area contributed by atoms with Crippen molar-refractivity contribution in [3.63, 3.8) is 0 Å². The molecule has 27 heavy (non-hydrogen) atoms. The molecule has 0 aliphatic carbocycles. The van der Waals surface area contributed by atoms with Gasteiger partial charge in [-0.25, -0.2) is 22.5 Å². The fourth-order valence-electron chi connectivity index (χ4n) is 2.58. The Morgan fingerprint density at radius 3 is 2.04 bits per heavy atom. The average molecular weight is 434 g/mol. The minimum atomic E-state index is -1.90. The number of H-pyrrole nitrogens is 1. The maximum atomic E-state index is 14.3. The van der Waals surface area contributed by atoms with Gasteiger partial charge in [-0.05, 0) is 28.1 Å². The SMILES string of the molecule is N#Cc1c(F)c(F)c(C(C#N)c2nc3c(C#N)c(Br)ccc3[nH]2)c(F)c1F. The topological polar surface area (TPSA) is 100 Å². The highest BCUT2D eigenvalue weighted by molar-refractivity contribution is 9.10. The Balaban J connectivity index is 2.30. The van der Waals surface area contributed by atoms with Gasteiger partial charge in [-0.1, -0.05) is 0 Å². The average Bonchev–Trinajstić information content (AvgIpc) is 3.08. The van der Waals surface area contributed by atoms with E-state index < -0.39 is 40.3 Å². The minimum Gasteiger partial charge on any atom is -0.341 e. The van der Waals surface area contributed by atoms with E-state index in [4.69, 9.17) is 5.26 Å². The van der Waals surface area contributed by atoms with Gasteiger partial charge < -0.3 is 4.98 Å². The van der Waals surface area contributed by atoms with E-state index in [1.54, 1.807) is 0 Å². The summed E-state index contributed by atoms with van der Waals surface area (Å²) in [5.74, 6) is -9.69. The first-order chi connectivity index (χ1) is 12.8. The third kappa shape index (κ3) is 2.69. The molecule has 0 spiro atoms. The lowest BCUT2D eigenvalue weighted by Gasteiger charge is -2.11. The number of nitrogens with zero attached hydrogens (tertiary/aromatic N) is 4. The minimum absolute atomic E-state index is 0.102. The quantitative estimate of drug-likeness (QED) is 0.481. The van der Waals surface area contributed by atoms with Crippen LogP contribution in [0.5, 0.6) is 0 Å². The molecule has 3 rings (SSSR count). The van der Waals surface area contributed by atoms with Gasteiger partial charge in [0.05, 0.1) is 22.7 Å². The molecule has 1 aromatic heterocycles. The van der Waals surface area contributed by atoms with Crippen molar-refractivity contribution in [2.45, 2.75) is 5.92 Å². The fraction of sp³-hybridized carbons (Fsp3) is 0.0588. The van der Waals surface area contributed by atoms with Crippen LogP contribution in [0.15, 0.2) is 16.6 Å². The Morgan fingerprint density at radius 1 is 0.926 bits per heavy atom. The van der Waals surface area contributed by atoms with Crippen LogP contribution in [-0.4, -0.2) is 9.97 Å². The van der Waals surface area contributed by atoms with Crippen LogP contribution in [-0.2, 0) is 0 Å². The molecule has 0 amide bonds. The molecule has 0 aliphatic rings. The molecule has 2 aromatic carbocycles. The molecule has 5 nitrogen and oxygen atoms in total. The van der Waals surface area contributed by atoms with Gasteiger partial charge in [0.1, 0.15) is 35.0 Å². The Bertz CT molecular complexity index is 1200. The summed E-state index contributed by atoms with van der Waals surface area (Å²) in [5.41, 5.74) is -2.16. The molecule has 0 bridgehead atoms. The van der Waals surface area contributed by atoms with Crippen molar-refractivity contribution in [3.8, 4) is 18.2 Å². The predicted molar refractivity (Wildman–Crippen MR) is 87.0 cm³/mol. The number of hydrogen-bond donors (Lipinski definition) is 1. The number of aromatic amines is 1. The molecule has 1 N–H and O–H groups in total. The monoisotopic (exact) mass is 433 g/mol. The van der Waals surface area contributed by atoms with Crippen molar-refractivity contribution < 1.29 is 17.6 Å². The van der Waals surface area contributed by atoms with E-state index in [0.717, 1.165) is 6.07 Å². The molecule has 0 saturated carbocycles. The Labute approximate surface area is 157 Å². The number of fused-ring (bicyclic) bond motifs is 1. The number of rotatable bonds is 2. The zero-order valence-corrected chi connectivity index (χ0v) is 14.5. The summed E-state index contributed by atoms with van der Waals surface area (Å²) < 4.78 is 56.8. The van der Waals surface area contributed by atoms with Gasteiger partial charge >= 0.3 is 0 Å². The normalized spacial score (nSPS) is 11.6. The molecular weight excluding hydrogens is 430 g/mol. The highest BCUT2D eigenvalue weighted by Crippen LogP contribution is 2.34. The maximum absolute atomic E-state index is 14.3. The van der Waals surface area contributed by atoms with Crippen molar-refractivity contribution >= 4 is 27.0 Å². The second-order valence-electron chi connectivity index (χ2n) is 5.27. The summed E-state index contributed by atoms with van der Waals surface area (Å²) in [6.07, 6.45) is 0. The third-order valence-corrected chi connectivity index (χ3v) is 4.50. The van der Waals surface area contributed by atoms with Gasteiger partial charge in [0.25, 0.3) is 0 Å². The van der Waals surface area contributed by atoms with Gasteiger partial charge in [0, 0.05) is 4.47 Å². The smallest absolute Gasteiger partial charge is 0.180 e. The van der Waals surface area contributed by atoms with Crippen LogP contribution in [0.2, 0.25) is 0 Å². The lowest BCUT2D eigenvalue weighted by atomic mass is 9.96. The number of benzene rings is 2. The van der Waals surface area contributed by atoms with E-state index in [1.165, 1.54) is 18.2 Å². The Morgan fingerprint density at radius 2 is 1.52 bits per heavy atom. The van der Waals surface area contributed by atoms with Crippen LogP contribution < -0.4 is 0 Å². The van der Waals surface area contributed by atoms with E-state index in [0.29, 0.717) is 4.47 Å². The summed E-state index contributed by atoms with van der Waals surface area (Å²) in [7, 11) is 0. The second kappa shape index (κ2) is 6.71. The maximum Gasteiger partial charge on any atom is 0.180 e. The van der Waals surface area contributed by atoms with Gasteiger partial charge in [-0.15, -0.1) is 0 Å². The molecule has 132 valence electrons. The second-order valence-corrected chi connectivity index (χ2v) is 6.13. The van der Waals surface area contributed by atoms with Crippen molar-refractivity contribution in [2.75, 3.05) is 0 Å². The lowest BCUT2D eigenvalue weighted by Crippen LogP contribution is -2.12. The molecule has 1 heterocycles. The highest BCUT2D eigenvalue weighted by Gasteiger charge is 2.32. The number of halogens is 5. The zero-order valence-electron chi connectivity index (χ0n) is 12.9. The first kappa shape index (κ1) is 18.4. The number of nitrogens with one attached hydrogen (secondary N) is 1. The third-order valence-electron chi connectivity index (χ3n) is 3.83. The molecular formula is C17H4BrF4N5. The van der Waals surface area contributed by atoms with Crippen molar-refractivity contribution in [3.05, 3.63) is 62.4 Å². The molecule has 10 heteroatoms. The van der Waals surface area contributed by atoms with Crippen LogP contribution >= 0.6 is 15.9 Å². The van der Waals surface area contributed by atoms with Crippen molar-refractivity contribution in [1.82, 2.24) is 9.97 Å². The van der Waals surface area contributed by atoms with Gasteiger partial charge in [-0.3, -0.25) is 0 Å². The largest absolute Gasteiger partial charge is 0.341 e. The first-order valence-corrected chi connectivity index (χ1v) is 7.88. The molecule has 1 atom stereocenters. The van der Waals surface area contributed by atoms with Gasteiger partial charge in [-0.2, -0.15) is 15.8 Å². The summed E-state index contributed by atoms with van der Waals surface area (Å²) in [5, 5.41) is 27.2. The van der Waals surface area contributed by atoms with E-state index in [2.05, 4.69) is 25.9 Å². The van der Waals surface area contributed by atoms with E-state index in [1.807, 2.05) is 6.07 Å². The summed E-state index contributed by atoms with van der Waals surface area (Å²) in [4.78, 5) is 6.62. The van der Waals surface area contributed by atoms with Crippen LogP contribution in [0, 0.1) is 57.3 Å². The van der Waals surface area contributed by atoms with Crippen molar-refractivity contribution in [1.29, 1.82) is 15.8 Å². The van der Waals surface area contributed by atoms with Crippen LogP contribution in [0.4, 0.5) is 17.6 Å². The number of hydrogen-bond acceptors (Lipinski definition) is 4. The fourth-order valence-corrected chi connectivity index (χ4v) is 2.98. The highest BCUT2D eigenvalue weighted by atomic mass is 79.9. The summed E-state index contributed by atoms with van der Waals surface area (Å²) >= 11 is 3.15. The Kier molecular flexibility index (Phi) is 4.57. The number of aromatic nitrogens is 2. The van der Waals surface area contributed by atoms with Gasteiger partial charge in [0.15, 0.2) is 23.3 Å². The number of imidazole rings is 1. The molecule has 0 aliphatic heterocycles. The predicted octanol–water partition coefficient (Wildman–Crippen LogP) is 4.28. The molecule has 0 radical (unpaired) electrons.